The molecule has 1 aliphatic rings. The molecular weight excluding hydrogens is 453 g/mol. The number of nitrogens with zero attached hydrogens (tertiary/aromatic N) is 1. The van der Waals surface area contributed by atoms with Crippen LogP contribution in [0.15, 0.2) is 36.5 Å². The van der Waals surface area contributed by atoms with Gasteiger partial charge in [-0.1, -0.05) is 52.5 Å². The third-order valence-corrected chi connectivity index (χ3v) is 6.49. The van der Waals surface area contributed by atoms with Crippen LogP contribution < -0.4 is 10.1 Å². The van der Waals surface area contributed by atoms with Gasteiger partial charge < -0.3 is 10.1 Å². The zero-order valence-electron chi connectivity index (χ0n) is 21.0. The van der Waals surface area contributed by atoms with Crippen LogP contribution in [0.1, 0.15) is 77.7 Å². The molecular formula is C28H37F3N2O2. The predicted molar refractivity (Wildman–Crippen MR) is 133 cm³/mol. The van der Waals surface area contributed by atoms with Crippen LogP contribution in [0.2, 0.25) is 0 Å². The number of carbonyl (C=O) groups excluding carboxylic acids is 1. The number of rotatable bonds is 9. The van der Waals surface area contributed by atoms with Crippen molar-refractivity contribution in [3.05, 3.63) is 42.1 Å². The van der Waals surface area contributed by atoms with Crippen LogP contribution in [-0.4, -0.2) is 17.5 Å². The van der Waals surface area contributed by atoms with Crippen molar-refractivity contribution in [2.75, 3.05) is 11.9 Å². The molecule has 192 valence electrons. The Hall–Kier alpha value is -2.57. The Balaban J connectivity index is 1.73. The Kier molecular flexibility index (Phi) is 9.58. The van der Waals surface area contributed by atoms with Crippen molar-refractivity contribution in [3.63, 3.8) is 0 Å². The topological polar surface area (TPSA) is 51.2 Å². The summed E-state index contributed by atoms with van der Waals surface area (Å²) in [6.45, 7) is 6.36. The van der Waals surface area contributed by atoms with Gasteiger partial charge in [0.15, 0.2) is 0 Å². The van der Waals surface area contributed by atoms with E-state index in [-0.39, 0.29) is 24.2 Å². The van der Waals surface area contributed by atoms with Crippen LogP contribution >= 0.6 is 0 Å². The molecule has 0 aliphatic heterocycles. The van der Waals surface area contributed by atoms with Crippen LogP contribution in [-0.2, 0) is 11.0 Å². The van der Waals surface area contributed by atoms with Gasteiger partial charge in [0.1, 0.15) is 11.6 Å². The van der Waals surface area contributed by atoms with Gasteiger partial charge in [-0.05, 0) is 72.4 Å². The van der Waals surface area contributed by atoms with E-state index >= 15 is 0 Å². The Bertz CT molecular complexity index is 967. The second-order valence-electron chi connectivity index (χ2n) is 10.3. The van der Waals surface area contributed by atoms with Crippen molar-refractivity contribution in [3.8, 4) is 16.9 Å². The molecule has 7 heteroatoms. The minimum atomic E-state index is -4.55. The van der Waals surface area contributed by atoms with Gasteiger partial charge in [0.25, 0.3) is 0 Å². The molecule has 1 aromatic carbocycles. The van der Waals surface area contributed by atoms with E-state index in [1.807, 2.05) is 6.92 Å². The molecule has 1 saturated carbocycles. The molecule has 1 fully saturated rings. The number of alkyl halides is 3. The largest absolute Gasteiger partial charge is 0.493 e. The summed E-state index contributed by atoms with van der Waals surface area (Å²) in [6.07, 6.45) is 5.17. The van der Waals surface area contributed by atoms with Crippen LogP contribution in [0.4, 0.5) is 19.0 Å². The van der Waals surface area contributed by atoms with Crippen molar-refractivity contribution < 1.29 is 22.7 Å². The lowest BCUT2D eigenvalue weighted by Gasteiger charge is -2.19. The fourth-order valence-corrected chi connectivity index (χ4v) is 4.86. The molecule has 1 atom stereocenters. The first-order chi connectivity index (χ1) is 16.6. The molecule has 0 bridgehead atoms. The smallest absolute Gasteiger partial charge is 0.419 e. The zero-order valence-corrected chi connectivity index (χ0v) is 21.0. The molecule has 3 rings (SSSR count). The van der Waals surface area contributed by atoms with Gasteiger partial charge in [0.05, 0.1) is 12.2 Å². The highest BCUT2D eigenvalue weighted by atomic mass is 19.4. The van der Waals surface area contributed by atoms with Crippen molar-refractivity contribution >= 4 is 11.7 Å². The maximum atomic E-state index is 13.8. The number of carbonyl (C=O) groups is 1. The van der Waals surface area contributed by atoms with E-state index in [4.69, 9.17) is 4.74 Å². The van der Waals surface area contributed by atoms with E-state index in [1.165, 1.54) is 25.1 Å². The van der Waals surface area contributed by atoms with E-state index in [2.05, 4.69) is 24.1 Å². The molecule has 35 heavy (non-hydrogen) atoms. The Labute approximate surface area is 206 Å². The van der Waals surface area contributed by atoms with E-state index in [9.17, 15) is 18.0 Å². The maximum absolute atomic E-state index is 13.8. The number of pyridine rings is 1. The van der Waals surface area contributed by atoms with Crippen LogP contribution in [0.3, 0.4) is 0 Å². The Morgan fingerprint density at radius 2 is 1.74 bits per heavy atom. The van der Waals surface area contributed by atoms with Gasteiger partial charge in [-0.25, -0.2) is 4.98 Å². The molecule has 0 saturated heterocycles. The predicted octanol–water partition coefficient (Wildman–Crippen LogP) is 8.13. The summed E-state index contributed by atoms with van der Waals surface area (Å²) in [4.78, 5) is 16.7. The average Bonchev–Trinajstić information content (AvgIpc) is 3.05. The highest BCUT2D eigenvalue weighted by Crippen LogP contribution is 2.39. The second-order valence-corrected chi connectivity index (χ2v) is 10.3. The van der Waals surface area contributed by atoms with Gasteiger partial charge in [-0.3, -0.25) is 4.79 Å². The lowest BCUT2D eigenvalue weighted by atomic mass is 9.96. The number of hydrogen-bond donors (Lipinski definition) is 1. The minimum absolute atomic E-state index is 0.100. The van der Waals surface area contributed by atoms with Gasteiger partial charge >= 0.3 is 6.18 Å². The summed E-state index contributed by atoms with van der Waals surface area (Å²) in [7, 11) is 0. The molecule has 0 spiro atoms. The lowest BCUT2D eigenvalue weighted by Crippen LogP contribution is -2.17. The van der Waals surface area contributed by atoms with Crippen LogP contribution in [0, 0.1) is 17.8 Å². The van der Waals surface area contributed by atoms with Crippen molar-refractivity contribution in [2.24, 2.45) is 17.8 Å². The monoisotopic (exact) mass is 490 g/mol. The number of aromatic nitrogens is 1. The highest BCUT2D eigenvalue weighted by molar-refractivity contribution is 5.90. The molecule has 1 amide bonds. The number of hydrogen-bond acceptors (Lipinski definition) is 3. The van der Waals surface area contributed by atoms with E-state index < -0.39 is 11.7 Å². The summed E-state index contributed by atoms with van der Waals surface area (Å²) >= 11 is 0. The maximum Gasteiger partial charge on any atom is 0.419 e. The van der Waals surface area contributed by atoms with Crippen LogP contribution in [0.5, 0.6) is 5.75 Å². The first-order valence-electron chi connectivity index (χ1n) is 12.7. The van der Waals surface area contributed by atoms with Gasteiger partial charge in [0.2, 0.25) is 5.91 Å². The number of amides is 1. The van der Waals surface area contributed by atoms with Gasteiger partial charge in [-0.15, -0.1) is 0 Å². The summed E-state index contributed by atoms with van der Waals surface area (Å²) < 4.78 is 47.1. The number of halogens is 3. The molecule has 1 aliphatic carbocycles. The van der Waals surface area contributed by atoms with Crippen molar-refractivity contribution in [2.45, 2.75) is 78.3 Å². The fourth-order valence-electron chi connectivity index (χ4n) is 4.86. The lowest BCUT2D eigenvalue weighted by molar-refractivity contribution is -0.139. The number of benzene rings is 1. The summed E-state index contributed by atoms with van der Waals surface area (Å²) in [5.74, 6) is 1.06. The second kappa shape index (κ2) is 12.4. The van der Waals surface area contributed by atoms with Gasteiger partial charge in [0, 0.05) is 12.6 Å². The first-order valence-corrected chi connectivity index (χ1v) is 12.7. The number of nitrogens with one attached hydrogen (secondary N) is 1. The number of anilines is 1. The third-order valence-electron chi connectivity index (χ3n) is 6.49. The molecule has 0 unspecified atom stereocenters. The van der Waals surface area contributed by atoms with E-state index in [0.29, 0.717) is 35.2 Å². The molecule has 0 radical (unpaired) electrons. The Morgan fingerprint density at radius 3 is 2.40 bits per heavy atom. The summed E-state index contributed by atoms with van der Waals surface area (Å²) in [6, 6.07) is 7.36. The first kappa shape index (κ1) is 27.0. The third kappa shape index (κ3) is 8.55. The SMILES string of the molecule is CC(C)C[C@@H](C)COc1ccc(-c2ccnc(NC(=O)CC3CCCCCC3)c2)cc1C(F)(F)F. The van der Waals surface area contributed by atoms with E-state index in [1.54, 1.807) is 18.2 Å². The molecule has 1 heterocycles. The summed E-state index contributed by atoms with van der Waals surface area (Å²) in [5.41, 5.74) is 0.138. The normalized spacial score (nSPS) is 16.1. The standard InChI is InChI=1S/C28H37F3N2O2/c1-19(2)14-20(3)18-35-25-11-10-22(16-24(25)28(29,30)31)23-12-13-32-26(17-23)33-27(34)15-21-8-6-4-5-7-9-21/h10-13,16-17,19-21H,4-9,14-15,18H2,1-3H3,(H,32,33,34)/t20-/m1/s1. The van der Waals surface area contributed by atoms with Crippen molar-refractivity contribution in [1.29, 1.82) is 0 Å². The van der Waals surface area contributed by atoms with Gasteiger partial charge in [-0.2, -0.15) is 13.2 Å². The molecule has 4 nitrogen and oxygen atoms in total. The molecule has 1 N–H and O–H groups in total. The minimum Gasteiger partial charge on any atom is -0.493 e. The van der Waals surface area contributed by atoms with E-state index in [0.717, 1.165) is 38.2 Å². The Morgan fingerprint density at radius 1 is 1.06 bits per heavy atom. The highest BCUT2D eigenvalue weighted by Gasteiger charge is 2.35. The zero-order chi connectivity index (χ0) is 25.4. The fraction of sp³-hybridized carbons (Fsp3) is 0.571. The molecule has 2 aromatic rings. The van der Waals surface area contributed by atoms with Crippen molar-refractivity contribution in [1.82, 2.24) is 4.98 Å². The summed E-state index contributed by atoms with van der Waals surface area (Å²) in [5, 5.41) is 2.83. The quantitative estimate of drug-likeness (QED) is 0.361. The van der Waals surface area contributed by atoms with Crippen LogP contribution in [0.25, 0.3) is 11.1 Å². The number of ether oxygens (including phenoxy) is 1. The molecule has 1 aromatic heterocycles. The average molecular weight is 491 g/mol.